The maximum absolute atomic E-state index is 12.0. The minimum absolute atomic E-state index is 0.0757. The molecule has 6 nitrogen and oxygen atoms in total. The van der Waals surface area contributed by atoms with E-state index >= 15 is 0 Å². The summed E-state index contributed by atoms with van der Waals surface area (Å²) in [6.45, 7) is 4.96. The second kappa shape index (κ2) is 8.14. The summed E-state index contributed by atoms with van der Waals surface area (Å²) in [7, 11) is 1.48. The predicted molar refractivity (Wildman–Crippen MR) is 82.2 cm³/mol. The summed E-state index contributed by atoms with van der Waals surface area (Å²) in [5.41, 5.74) is 6.56. The number of methoxy groups -OCH3 is 1. The summed E-state index contributed by atoms with van der Waals surface area (Å²) in [5.74, 6) is 0.455. The average Bonchev–Trinajstić information content (AvgIpc) is 2.44. The number of hydrogen-bond acceptors (Lipinski definition) is 4. The van der Waals surface area contributed by atoms with Gasteiger partial charge in [0, 0.05) is 31.3 Å². The predicted octanol–water partition coefficient (Wildman–Crippen LogP) is 1.17. The van der Waals surface area contributed by atoms with Crippen molar-refractivity contribution in [1.82, 2.24) is 10.6 Å². The van der Waals surface area contributed by atoms with Gasteiger partial charge in [0.05, 0.1) is 12.7 Å². The van der Waals surface area contributed by atoms with Gasteiger partial charge in [-0.05, 0) is 18.1 Å². The van der Waals surface area contributed by atoms with Crippen LogP contribution in [0.15, 0.2) is 18.2 Å². The molecule has 0 bridgehead atoms. The van der Waals surface area contributed by atoms with Crippen LogP contribution in [0, 0.1) is 5.92 Å². The number of carbonyl (C=O) groups excluding carboxylic acids is 2. The summed E-state index contributed by atoms with van der Waals surface area (Å²) in [5, 5.41) is 5.49. The topological polar surface area (TPSA) is 93.4 Å². The molecule has 0 unspecified atom stereocenters. The lowest BCUT2D eigenvalue weighted by Crippen LogP contribution is -2.32. The molecule has 0 aliphatic rings. The van der Waals surface area contributed by atoms with Gasteiger partial charge in [-0.3, -0.25) is 9.59 Å². The Morgan fingerprint density at radius 3 is 2.62 bits per heavy atom. The van der Waals surface area contributed by atoms with E-state index in [0.29, 0.717) is 29.5 Å². The Hall–Kier alpha value is -2.24. The largest absolute Gasteiger partial charge is 0.496 e. The maximum atomic E-state index is 12.0. The molecule has 4 N–H and O–H groups in total. The molecule has 0 spiro atoms. The molecule has 0 saturated heterocycles. The van der Waals surface area contributed by atoms with Crippen molar-refractivity contribution in [2.24, 2.45) is 5.92 Å². The van der Waals surface area contributed by atoms with Gasteiger partial charge in [-0.2, -0.15) is 0 Å². The SMILES string of the molecule is COc1cc(N)ccc1C(=O)NCCC(=O)NCC(C)C. The Kier molecular flexibility index (Phi) is 6.52. The molecule has 0 aromatic heterocycles. The van der Waals surface area contributed by atoms with E-state index in [-0.39, 0.29) is 24.8 Å². The number of nitrogens with two attached hydrogens (primary N) is 1. The number of nitrogens with one attached hydrogen (secondary N) is 2. The highest BCUT2D eigenvalue weighted by molar-refractivity contribution is 5.97. The van der Waals surface area contributed by atoms with E-state index in [1.54, 1.807) is 18.2 Å². The van der Waals surface area contributed by atoms with Crippen LogP contribution >= 0.6 is 0 Å². The Balaban J connectivity index is 2.46. The molecule has 116 valence electrons. The lowest BCUT2D eigenvalue weighted by molar-refractivity contribution is -0.121. The molecule has 21 heavy (non-hydrogen) atoms. The van der Waals surface area contributed by atoms with Crippen LogP contribution in [0.2, 0.25) is 0 Å². The molecule has 0 heterocycles. The highest BCUT2D eigenvalue weighted by Gasteiger charge is 2.12. The summed E-state index contributed by atoms with van der Waals surface area (Å²) >= 11 is 0. The first-order valence-corrected chi connectivity index (χ1v) is 6.92. The standard InChI is InChI=1S/C15H23N3O3/c1-10(2)9-18-14(19)6-7-17-15(20)12-5-4-11(16)8-13(12)21-3/h4-5,8,10H,6-7,9,16H2,1-3H3,(H,17,20)(H,18,19). The smallest absolute Gasteiger partial charge is 0.255 e. The van der Waals surface area contributed by atoms with Crippen LogP contribution in [-0.4, -0.2) is 32.0 Å². The summed E-state index contributed by atoms with van der Waals surface area (Å²) in [6.07, 6.45) is 0.246. The molecule has 6 heteroatoms. The van der Waals surface area contributed by atoms with Crippen molar-refractivity contribution in [2.45, 2.75) is 20.3 Å². The first-order valence-electron chi connectivity index (χ1n) is 6.92. The average molecular weight is 293 g/mol. The number of benzene rings is 1. The second-order valence-electron chi connectivity index (χ2n) is 5.16. The molecule has 0 aliphatic carbocycles. The fraction of sp³-hybridized carbons (Fsp3) is 0.467. The van der Waals surface area contributed by atoms with E-state index in [4.69, 9.17) is 10.5 Å². The van der Waals surface area contributed by atoms with Gasteiger partial charge >= 0.3 is 0 Å². The monoisotopic (exact) mass is 293 g/mol. The molecule has 1 aromatic carbocycles. The van der Waals surface area contributed by atoms with Crippen LogP contribution in [-0.2, 0) is 4.79 Å². The van der Waals surface area contributed by atoms with Gasteiger partial charge in [0.15, 0.2) is 0 Å². The molecule has 0 atom stereocenters. The highest BCUT2D eigenvalue weighted by Crippen LogP contribution is 2.21. The zero-order chi connectivity index (χ0) is 15.8. The van der Waals surface area contributed by atoms with Crippen LogP contribution in [0.5, 0.6) is 5.75 Å². The lowest BCUT2D eigenvalue weighted by Gasteiger charge is -2.10. The molecular formula is C15H23N3O3. The molecule has 2 amide bonds. The van der Waals surface area contributed by atoms with Crippen molar-refractivity contribution >= 4 is 17.5 Å². The summed E-state index contributed by atoms with van der Waals surface area (Å²) < 4.78 is 5.12. The van der Waals surface area contributed by atoms with Crippen LogP contribution in [0.25, 0.3) is 0 Å². The number of amides is 2. The lowest BCUT2D eigenvalue weighted by atomic mass is 10.1. The number of rotatable bonds is 7. The number of nitrogen functional groups attached to an aromatic ring is 1. The van der Waals surface area contributed by atoms with Crippen molar-refractivity contribution in [3.8, 4) is 5.75 Å². The van der Waals surface area contributed by atoms with Crippen molar-refractivity contribution < 1.29 is 14.3 Å². The zero-order valence-corrected chi connectivity index (χ0v) is 12.7. The van der Waals surface area contributed by atoms with Crippen molar-refractivity contribution in [2.75, 3.05) is 25.9 Å². The van der Waals surface area contributed by atoms with Crippen LogP contribution in [0.3, 0.4) is 0 Å². The quantitative estimate of drug-likeness (QED) is 0.658. The van der Waals surface area contributed by atoms with Gasteiger partial charge in [-0.25, -0.2) is 0 Å². The van der Waals surface area contributed by atoms with Crippen LogP contribution in [0.4, 0.5) is 5.69 Å². The third-order valence-corrected chi connectivity index (χ3v) is 2.82. The van der Waals surface area contributed by atoms with E-state index in [0.717, 1.165) is 0 Å². The first kappa shape index (κ1) is 16.8. The van der Waals surface area contributed by atoms with Crippen molar-refractivity contribution in [3.05, 3.63) is 23.8 Å². The van der Waals surface area contributed by atoms with Gasteiger partial charge in [0.1, 0.15) is 5.75 Å². The fourth-order valence-electron chi connectivity index (χ4n) is 1.69. The van der Waals surface area contributed by atoms with E-state index in [9.17, 15) is 9.59 Å². The third kappa shape index (κ3) is 5.72. The van der Waals surface area contributed by atoms with Gasteiger partial charge in [0.2, 0.25) is 5.91 Å². The molecule has 0 saturated carbocycles. The van der Waals surface area contributed by atoms with E-state index in [1.807, 2.05) is 13.8 Å². The Bertz CT molecular complexity index is 501. The van der Waals surface area contributed by atoms with Crippen LogP contribution < -0.4 is 21.1 Å². The van der Waals surface area contributed by atoms with E-state index < -0.39 is 0 Å². The Labute approximate surface area is 125 Å². The first-order chi connectivity index (χ1) is 9.93. The number of ether oxygens (including phenoxy) is 1. The zero-order valence-electron chi connectivity index (χ0n) is 12.7. The Morgan fingerprint density at radius 2 is 2.00 bits per heavy atom. The molecule has 0 aliphatic heterocycles. The molecule has 0 radical (unpaired) electrons. The van der Waals surface area contributed by atoms with Gasteiger partial charge in [0.25, 0.3) is 5.91 Å². The fourth-order valence-corrected chi connectivity index (χ4v) is 1.69. The normalized spacial score (nSPS) is 10.3. The minimum Gasteiger partial charge on any atom is -0.496 e. The minimum atomic E-state index is -0.288. The second-order valence-corrected chi connectivity index (χ2v) is 5.16. The van der Waals surface area contributed by atoms with Gasteiger partial charge in [-0.1, -0.05) is 13.8 Å². The van der Waals surface area contributed by atoms with Crippen molar-refractivity contribution in [3.63, 3.8) is 0 Å². The number of carbonyl (C=O) groups is 2. The molecule has 1 aromatic rings. The third-order valence-electron chi connectivity index (χ3n) is 2.82. The highest BCUT2D eigenvalue weighted by atomic mass is 16.5. The van der Waals surface area contributed by atoms with Gasteiger partial charge in [-0.15, -0.1) is 0 Å². The van der Waals surface area contributed by atoms with Crippen LogP contribution in [0.1, 0.15) is 30.6 Å². The summed E-state index contributed by atoms with van der Waals surface area (Å²) in [4.78, 5) is 23.5. The maximum Gasteiger partial charge on any atom is 0.255 e. The Morgan fingerprint density at radius 1 is 1.29 bits per heavy atom. The molecule has 0 fully saturated rings. The van der Waals surface area contributed by atoms with E-state index in [2.05, 4.69) is 10.6 Å². The van der Waals surface area contributed by atoms with E-state index in [1.165, 1.54) is 7.11 Å². The van der Waals surface area contributed by atoms with Crippen molar-refractivity contribution in [1.29, 1.82) is 0 Å². The molecular weight excluding hydrogens is 270 g/mol. The number of anilines is 1. The number of hydrogen-bond donors (Lipinski definition) is 3. The summed E-state index contributed by atoms with van der Waals surface area (Å²) in [6, 6.07) is 4.82. The van der Waals surface area contributed by atoms with Gasteiger partial charge < -0.3 is 21.1 Å². The molecule has 1 rings (SSSR count).